The Balaban J connectivity index is 2.17. The largest absolute Gasteiger partial charge is 0.419 e. The number of hydrogen-bond donors (Lipinski definition) is 0. The highest BCUT2D eigenvalue weighted by Gasteiger charge is 2.15. The summed E-state index contributed by atoms with van der Waals surface area (Å²) in [5, 5.41) is 0. The van der Waals surface area contributed by atoms with Crippen LogP contribution in [0.5, 0.6) is 0 Å². The molecule has 6 heteroatoms. The first-order chi connectivity index (χ1) is 9.97. The van der Waals surface area contributed by atoms with E-state index in [0.29, 0.717) is 22.2 Å². The highest BCUT2D eigenvalue weighted by molar-refractivity contribution is 9.10. The number of carbonyl (C=O) groups is 1. The second-order valence-electron chi connectivity index (χ2n) is 4.79. The van der Waals surface area contributed by atoms with Crippen molar-refractivity contribution in [2.75, 3.05) is 0 Å². The molecular weight excluding hydrogens is 336 g/mol. The van der Waals surface area contributed by atoms with E-state index < -0.39 is 5.76 Å². The molecule has 3 aromatic rings. The van der Waals surface area contributed by atoms with Crippen LogP contribution in [0.15, 0.2) is 44.3 Å². The van der Waals surface area contributed by atoms with Gasteiger partial charge in [0.05, 0.1) is 5.52 Å². The molecule has 106 valence electrons. The third-order valence-corrected chi connectivity index (χ3v) is 3.73. The molecule has 0 aliphatic heterocycles. The molecule has 0 aliphatic rings. The van der Waals surface area contributed by atoms with Crippen LogP contribution in [-0.4, -0.2) is 15.3 Å². The molecule has 5 nitrogen and oxygen atoms in total. The minimum Gasteiger partial charge on any atom is -0.408 e. The molecule has 0 unspecified atom stereocenters. The number of oxazole rings is 1. The average molecular weight is 347 g/mol. The third-order valence-electron chi connectivity index (χ3n) is 3.30. The number of aromatic nitrogens is 2. The molecule has 3 rings (SSSR count). The van der Waals surface area contributed by atoms with Crippen molar-refractivity contribution in [1.82, 2.24) is 9.55 Å². The van der Waals surface area contributed by atoms with Crippen molar-refractivity contribution in [2.45, 2.75) is 6.92 Å². The molecule has 2 aromatic heterocycles. The zero-order valence-corrected chi connectivity index (χ0v) is 13.0. The lowest BCUT2D eigenvalue weighted by molar-refractivity contribution is 0.103. The second-order valence-corrected chi connectivity index (χ2v) is 5.70. The smallest absolute Gasteiger partial charge is 0.408 e. The summed E-state index contributed by atoms with van der Waals surface area (Å²) in [7, 11) is 1.64. The predicted octanol–water partition coefficient (Wildman–Crippen LogP) is 2.83. The monoisotopic (exact) mass is 346 g/mol. The summed E-state index contributed by atoms with van der Waals surface area (Å²) >= 11 is 3.29. The SMILES string of the molecule is Cc1cc(C(=O)c2cncc(Br)c2)cc2oc(=O)n(C)c12. The Kier molecular flexibility index (Phi) is 3.25. The van der Waals surface area contributed by atoms with Crippen molar-refractivity contribution in [2.24, 2.45) is 7.05 Å². The van der Waals surface area contributed by atoms with Crippen molar-refractivity contribution < 1.29 is 9.21 Å². The molecule has 0 radical (unpaired) electrons. The van der Waals surface area contributed by atoms with Gasteiger partial charge in [-0.15, -0.1) is 0 Å². The summed E-state index contributed by atoms with van der Waals surface area (Å²) in [6.07, 6.45) is 3.12. The summed E-state index contributed by atoms with van der Waals surface area (Å²) in [5.41, 5.74) is 2.86. The molecule has 2 heterocycles. The Hall–Kier alpha value is -2.21. The summed E-state index contributed by atoms with van der Waals surface area (Å²) in [5.74, 6) is -0.609. The number of halogens is 1. The van der Waals surface area contributed by atoms with Crippen molar-refractivity contribution in [1.29, 1.82) is 0 Å². The van der Waals surface area contributed by atoms with E-state index in [9.17, 15) is 9.59 Å². The highest BCUT2D eigenvalue weighted by Crippen LogP contribution is 2.22. The van der Waals surface area contributed by atoms with Gasteiger partial charge in [0.2, 0.25) is 0 Å². The van der Waals surface area contributed by atoms with E-state index in [1.54, 1.807) is 31.4 Å². The van der Waals surface area contributed by atoms with Gasteiger partial charge >= 0.3 is 5.76 Å². The van der Waals surface area contributed by atoms with Gasteiger partial charge in [0, 0.05) is 35.0 Å². The van der Waals surface area contributed by atoms with Gasteiger partial charge in [0.25, 0.3) is 0 Å². The number of aryl methyl sites for hydroxylation is 2. The van der Waals surface area contributed by atoms with E-state index in [1.165, 1.54) is 10.8 Å². The molecule has 0 saturated heterocycles. The van der Waals surface area contributed by atoms with Crippen molar-refractivity contribution in [3.8, 4) is 0 Å². The number of carbonyl (C=O) groups excluding carboxylic acids is 1. The molecule has 0 N–H and O–H groups in total. The Bertz CT molecular complexity index is 924. The fourth-order valence-corrected chi connectivity index (χ4v) is 2.71. The number of ketones is 1. The zero-order chi connectivity index (χ0) is 15.1. The standard InChI is InChI=1S/C15H11BrN2O3/c1-8-3-9(5-12-13(8)18(2)15(20)21-12)14(19)10-4-11(16)7-17-6-10/h3-7H,1-2H3. The van der Waals surface area contributed by atoms with E-state index >= 15 is 0 Å². The summed E-state index contributed by atoms with van der Waals surface area (Å²) in [4.78, 5) is 28.1. The quantitative estimate of drug-likeness (QED) is 0.669. The van der Waals surface area contributed by atoms with Crippen molar-refractivity contribution in [3.05, 3.63) is 62.3 Å². The fourth-order valence-electron chi connectivity index (χ4n) is 2.34. The lowest BCUT2D eigenvalue weighted by Crippen LogP contribution is -2.09. The van der Waals surface area contributed by atoms with E-state index in [-0.39, 0.29) is 5.78 Å². The first-order valence-corrected chi connectivity index (χ1v) is 7.02. The summed E-state index contributed by atoms with van der Waals surface area (Å²) in [6, 6.07) is 5.05. The molecule has 0 bridgehead atoms. The number of rotatable bonds is 2. The van der Waals surface area contributed by atoms with Gasteiger partial charge in [0.1, 0.15) is 0 Å². The lowest BCUT2D eigenvalue weighted by Gasteiger charge is -2.04. The molecule has 1 aromatic carbocycles. The van der Waals surface area contributed by atoms with E-state index in [1.807, 2.05) is 6.92 Å². The van der Waals surface area contributed by atoms with Crippen LogP contribution in [0.25, 0.3) is 11.1 Å². The van der Waals surface area contributed by atoms with Crippen LogP contribution in [0.2, 0.25) is 0 Å². The van der Waals surface area contributed by atoms with Crippen LogP contribution in [-0.2, 0) is 7.05 Å². The molecule has 21 heavy (non-hydrogen) atoms. The van der Waals surface area contributed by atoms with Crippen molar-refractivity contribution >= 4 is 32.8 Å². The van der Waals surface area contributed by atoms with Crippen LogP contribution in [0, 0.1) is 6.92 Å². The zero-order valence-electron chi connectivity index (χ0n) is 11.4. The average Bonchev–Trinajstić information content (AvgIpc) is 2.73. The van der Waals surface area contributed by atoms with Gasteiger partial charge in [-0.1, -0.05) is 0 Å². The van der Waals surface area contributed by atoms with E-state index in [2.05, 4.69) is 20.9 Å². The summed E-state index contributed by atoms with van der Waals surface area (Å²) in [6.45, 7) is 1.84. The fraction of sp³-hybridized carbons (Fsp3) is 0.133. The number of nitrogens with zero attached hydrogens (tertiary/aromatic N) is 2. The predicted molar refractivity (Wildman–Crippen MR) is 81.6 cm³/mol. The maximum absolute atomic E-state index is 12.5. The Morgan fingerprint density at radius 3 is 2.71 bits per heavy atom. The normalized spacial score (nSPS) is 11.0. The Morgan fingerprint density at radius 1 is 1.24 bits per heavy atom. The van der Waals surface area contributed by atoms with Gasteiger partial charge in [0.15, 0.2) is 11.4 Å². The lowest BCUT2D eigenvalue weighted by atomic mass is 10.0. The van der Waals surface area contributed by atoms with Crippen LogP contribution >= 0.6 is 15.9 Å². The molecule has 0 atom stereocenters. The second kappa shape index (κ2) is 4.96. The van der Waals surface area contributed by atoms with E-state index in [0.717, 1.165) is 10.0 Å². The van der Waals surface area contributed by atoms with E-state index in [4.69, 9.17) is 4.42 Å². The number of benzene rings is 1. The first-order valence-electron chi connectivity index (χ1n) is 6.23. The van der Waals surface area contributed by atoms with Crippen LogP contribution in [0.3, 0.4) is 0 Å². The van der Waals surface area contributed by atoms with Crippen LogP contribution < -0.4 is 5.76 Å². The van der Waals surface area contributed by atoms with Crippen molar-refractivity contribution in [3.63, 3.8) is 0 Å². The van der Waals surface area contributed by atoms with Gasteiger partial charge < -0.3 is 4.42 Å². The Morgan fingerprint density at radius 2 is 2.00 bits per heavy atom. The third kappa shape index (κ3) is 2.31. The topological polar surface area (TPSA) is 65.1 Å². The number of hydrogen-bond acceptors (Lipinski definition) is 4. The minimum absolute atomic E-state index is 0.166. The molecular formula is C15H11BrN2O3. The molecule has 0 spiro atoms. The van der Waals surface area contributed by atoms with Gasteiger partial charge in [-0.05, 0) is 46.6 Å². The number of fused-ring (bicyclic) bond motifs is 1. The van der Waals surface area contributed by atoms with Crippen LogP contribution in [0.4, 0.5) is 0 Å². The Labute approximate surface area is 128 Å². The van der Waals surface area contributed by atoms with Gasteiger partial charge in [-0.3, -0.25) is 14.3 Å². The molecule has 0 fully saturated rings. The first kappa shape index (κ1) is 13.8. The van der Waals surface area contributed by atoms with Gasteiger partial charge in [-0.25, -0.2) is 4.79 Å². The van der Waals surface area contributed by atoms with Gasteiger partial charge in [-0.2, -0.15) is 0 Å². The molecule has 0 saturated carbocycles. The maximum Gasteiger partial charge on any atom is 0.419 e. The molecule has 0 aliphatic carbocycles. The number of pyridine rings is 1. The maximum atomic E-state index is 12.5. The summed E-state index contributed by atoms with van der Waals surface area (Å²) < 4.78 is 7.32. The highest BCUT2D eigenvalue weighted by atomic mass is 79.9. The minimum atomic E-state index is -0.443. The van der Waals surface area contributed by atoms with Crippen LogP contribution in [0.1, 0.15) is 21.5 Å². The molecule has 0 amide bonds.